The number of amides is 1. The topological polar surface area (TPSA) is 68.0 Å². The highest BCUT2D eigenvalue weighted by Crippen LogP contribution is 2.48. The monoisotopic (exact) mass is 395 g/mol. The fourth-order valence-corrected chi connectivity index (χ4v) is 5.81. The van der Waals surface area contributed by atoms with Crippen LogP contribution in [0, 0.1) is 5.92 Å². The Morgan fingerprint density at radius 3 is 2.76 bits per heavy atom. The van der Waals surface area contributed by atoms with Crippen molar-refractivity contribution in [3.63, 3.8) is 0 Å². The van der Waals surface area contributed by atoms with Gasteiger partial charge in [0, 0.05) is 24.6 Å². The van der Waals surface area contributed by atoms with E-state index in [1.54, 1.807) is 6.07 Å². The van der Waals surface area contributed by atoms with Crippen molar-refractivity contribution in [2.45, 2.75) is 44.2 Å². The minimum Gasteiger partial charge on any atom is -0.454 e. The molecule has 5 aliphatic heterocycles. The predicted octanol–water partition coefficient (Wildman–Crippen LogP) is 2.67. The third kappa shape index (κ3) is 2.60. The van der Waals surface area contributed by atoms with Crippen LogP contribution in [0.1, 0.15) is 47.5 Å². The molecule has 0 N–H and O–H groups in total. The average Bonchev–Trinajstić information content (AvgIpc) is 3.51. The van der Waals surface area contributed by atoms with E-state index in [-0.39, 0.29) is 24.7 Å². The smallest absolute Gasteiger partial charge is 0.292 e. The molecular formula is C22H25N3O4. The van der Waals surface area contributed by atoms with Crippen molar-refractivity contribution in [3.8, 4) is 11.5 Å². The average molecular weight is 395 g/mol. The summed E-state index contributed by atoms with van der Waals surface area (Å²) < 4.78 is 16.5. The third-order valence-electron chi connectivity index (χ3n) is 7.21. The number of likely N-dealkylation sites (tertiary alicyclic amines) is 1. The van der Waals surface area contributed by atoms with Crippen LogP contribution in [0.2, 0.25) is 0 Å². The maximum absolute atomic E-state index is 13.4. The molecule has 0 spiro atoms. The number of piperidine rings is 3. The number of fused-ring (bicyclic) bond motifs is 3. The highest BCUT2D eigenvalue weighted by atomic mass is 16.7. The van der Waals surface area contributed by atoms with Crippen LogP contribution in [0.25, 0.3) is 0 Å². The van der Waals surface area contributed by atoms with Crippen LogP contribution in [0.5, 0.6) is 11.5 Å². The number of ether oxygens (including phenoxy) is 2. The first-order valence-electron chi connectivity index (χ1n) is 10.6. The summed E-state index contributed by atoms with van der Waals surface area (Å²) in [5.41, 5.74) is 2.05. The van der Waals surface area contributed by atoms with Crippen molar-refractivity contribution in [1.82, 2.24) is 15.0 Å². The Balaban J connectivity index is 1.37. The maximum Gasteiger partial charge on any atom is 0.292 e. The van der Waals surface area contributed by atoms with Crippen molar-refractivity contribution in [2.75, 3.05) is 26.4 Å². The van der Waals surface area contributed by atoms with Crippen LogP contribution in [-0.2, 0) is 6.42 Å². The molecule has 4 saturated heterocycles. The second-order valence-corrected chi connectivity index (χ2v) is 8.57. The second-order valence-electron chi connectivity index (χ2n) is 8.57. The number of aryl methyl sites for hydroxylation is 1. The fourth-order valence-electron chi connectivity index (χ4n) is 5.81. The molecule has 7 nitrogen and oxygen atoms in total. The molecule has 2 aromatic rings. The number of rotatable bonds is 3. The highest BCUT2D eigenvalue weighted by Gasteiger charge is 2.55. The number of carbonyl (C=O) groups is 1. The molecule has 6 heterocycles. The molecule has 0 unspecified atom stereocenters. The van der Waals surface area contributed by atoms with Gasteiger partial charge in [-0.15, -0.1) is 0 Å². The summed E-state index contributed by atoms with van der Waals surface area (Å²) in [6.45, 7) is 5.23. The van der Waals surface area contributed by atoms with Gasteiger partial charge in [0.15, 0.2) is 11.5 Å². The number of aromatic nitrogens is 1. The van der Waals surface area contributed by atoms with E-state index in [0.29, 0.717) is 24.3 Å². The van der Waals surface area contributed by atoms with E-state index in [2.05, 4.69) is 27.1 Å². The van der Waals surface area contributed by atoms with E-state index in [1.807, 2.05) is 13.0 Å². The molecule has 1 amide bonds. The zero-order valence-electron chi connectivity index (χ0n) is 16.5. The Kier molecular flexibility index (Phi) is 3.88. The van der Waals surface area contributed by atoms with Gasteiger partial charge in [-0.3, -0.25) is 9.69 Å². The van der Waals surface area contributed by atoms with Gasteiger partial charge in [0.25, 0.3) is 5.91 Å². The molecule has 1 aromatic heterocycles. The molecule has 1 aromatic carbocycles. The summed E-state index contributed by atoms with van der Waals surface area (Å²) >= 11 is 0. The highest BCUT2D eigenvalue weighted by molar-refractivity contribution is 5.92. The number of carbonyl (C=O) groups excluding carboxylic acids is 1. The number of hydrogen-bond acceptors (Lipinski definition) is 6. The zero-order chi connectivity index (χ0) is 19.5. The summed E-state index contributed by atoms with van der Waals surface area (Å²) in [6.07, 6.45) is 3.09. The summed E-state index contributed by atoms with van der Waals surface area (Å²) in [5.74, 6) is 2.77. The summed E-state index contributed by atoms with van der Waals surface area (Å²) in [5, 5.41) is 4.03. The minimum atomic E-state index is -0.0239. The van der Waals surface area contributed by atoms with Crippen molar-refractivity contribution >= 4 is 5.91 Å². The molecule has 0 aliphatic carbocycles. The van der Waals surface area contributed by atoms with Gasteiger partial charge in [-0.25, -0.2) is 0 Å². The molecule has 0 saturated carbocycles. The van der Waals surface area contributed by atoms with Crippen molar-refractivity contribution in [2.24, 2.45) is 5.92 Å². The quantitative estimate of drug-likeness (QED) is 0.796. The van der Waals surface area contributed by atoms with Gasteiger partial charge in [0.05, 0.1) is 11.7 Å². The summed E-state index contributed by atoms with van der Waals surface area (Å²) in [7, 11) is 0. The lowest BCUT2D eigenvalue weighted by Crippen LogP contribution is -2.60. The van der Waals surface area contributed by atoms with Gasteiger partial charge in [0.1, 0.15) is 0 Å². The predicted molar refractivity (Wildman–Crippen MR) is 104 cm³/mol. The normalized spacial score (nSPS) is 31.9. The van der Waals surface area contributed by atoms with E-state index in [1.165, 1.54) is 5.56 Å². The van der Waals surface area contributed by atoms with Crippen LogP contribution >= 0.6 is 0 Å². The molecule has 3 atom stereocenters. The molecular weight excluding hydrogens is 370 g/mol. The summed E-state index contributed by atoms with van der Waals surface area (Å²) in [4.78, 5) is 18.1. The molecule has 2 bridgehead atoms. The molecule has 0 radical (unpaired) electrons. The minimum absolute atomic E-state index is 0.0239. The number of hydrogen-bond donors (Lipinski definition) is 0. The molecule has 152 valence electrons. The van der Waals surface area contributed by atoms with Crippen LogP contribution in [0.3, 0.4) is 0 Å². The Hall–Kier alpha value is -2.54. The second kappa shape index (κ2) is 6.49. The third-order valence-corrected chi connectivity index (χ3v) is 7.21. The standard InChI is InChI=1S/C22H25N3O4/c1-2-15-10-19(29-23-15)22(26)25-11-16(14-3-4-17-18(9-14)28-12-27-17)21-20(25)13-5-7-24(21)8-6-13/h3-4,9-10,13,16,20-21H,2,5-8,11-12H2,1H3/t16-,20+,21+/m1/s1. The Labute approximate surface area is 169 Å². The first-order valence-corrected chi connectivity index (χ1v) is 10.6. The lowest BCUT2D eigenvalue weighted by Gasteiger charge is -2.51. The first kappa shape index (κ1) is 17.3. The van der Waals surface area contributed by atoms with Gasteiger partial charge in [0.2, 0.25) is 12.6 Å². The maximum atomic E-state index is 13.4. The largest absolute Gasteiger partial charge is 0.454 e. The van der Waals surface area contributed by atoms with Gasteiger partial charge >= 0.3 is 0 Å². The lowest BCUT2D eigenvalue weighted by molar-refractivity contribution is -0.00452. The Morgan fingerprint density at radius 1 is 1.14 bits per heavy atom. The molecule has 5 aliphatic rings. The van der Waals surface area contributed by atoms with E-state index < -0.39 is 0 Å². The van der Waals surface area contributed by atoms with Gasteiger partial charge in [-0.1, -0.05) is 18.1 Å². The van der Waals surface area contributed by atoms with E-state index in [0.717, 1.165) is 49.5 Å². The van der Waals surface area contributed by atoms with Gasteiger partial charge < -0.3 is 18.9 Å². The van der Waals surface area contributed by atoms with Crippen molar-refractivity contribution < 1.29 is 18.8 Å². The van der Waals surface area contributed by atoms with E-state index in [9.17, 15) is 4.79 Å². The fraction of sp³-hybridized carbons (Fsp3) is 0.545. The van der Waals surface area contributed by atoms with Crippen LogP contribution in [-0.4, -0.2) is 59.4 Å². The summed E-state index contributed by atoms with van der Waals surface area (Å²) in [6, 6.07) is 8.61. The Bertz CT molecular complexity index is 949. The van der Waals surface area contributed by atoms with E-state index in [4.69, 9.17) is 14.0 Å². The molecule has 7 heteroatoms. The molecule has 7 rings (SSSR count). The Morgan fingerprint density at radius 2 is 1.97 bits per heavy atom. The molecule has 29 heavy (non-hydrogen) atoms. The first-order chi connectivity index (χ1) is 14.2. The van der Waals surface area contributed by atoms with Crippen molar-refractivity contribution in [1.29, 1.82) is 0 Å². The number of nitrogens with zero attached hydrogens (tertiary/aromatic N) is 3. The van der Waals surface area contributed by atoms with Crippen LogP contribution in [0.15, 0.2) is 28.8 Å². The van der Waals surface area contributed by atoms with Gasteiger partial charge in [-0.05, 0) is 56.0 Å². The van der Waals surface area contributed by atoms with Gasteiger partial charge in [-0.2, -0.15) is 0 Å². The SMILES string of the molecule is CCc1cc(C(=O)N2C[C@H](c3ccc4c(c3)OCO4)[C@H]3[C@@H]2C2CCN3CC2)on1. The number of benzene rings is 1. The zero-order valence-corrected chi connectivity index (χ0v) is 16.5. The van der Waals surface area contributed by atoms with Crippen LogP contribution in [0.4, 0.5) is 0 Å². The van der Waals surface area contributed by atoms with Crippen LogP contribution < -0.4 is 9.47 Å². The lowest BCUT2D eigenvalue weighted by atomic mass is 9.75. The van der Waals surface area contributed by atoms with E-state index >= 15 is 0 Å². The molecule has 4 fully saturated rings. The van der Waals surface area contributed by atoms with Crippen molar-refractivity contribution in [3.05, 3.63) is 41.3 Å².